The molecule has 0 amide bonds. The van der Waals surface area contributed by atoms with Gasteiger partial charge in [0.1, 0.15) is 5.02 Å². The molecule has 5 rings (SSSR count). The molecule has 9 heteroatoms. The molecular formula is C34H39ClFN3O3Si. The van der Waals surface area contributed by atoms with Crippen LogP contribution in [0.4, 0.5) is 10.1 Å². The minimum Gasteiger partial charge on any atom is -0.403 e. The molecule has 2 heterocycles. The second-order valence-electron chi connectivity index (χ2n) is 12.4. The van der Waals surface area contributed by atoms with Crippen molar-refractivity contribution in [2.45, 2.75) is 58.5 Å². The number of halogens is 2. The van der Waals surface area contributed by atoms with E-state index in [0.29, 0.717) is 24.3 Å². The first kappa shape index (κ1) is 31.1. The van der Waals surface area contributed by atoms with Crippen molar-refractivity contribution in [3.05, 3.63) is 107 Å². The highest BCUT2D eigenvalue weighted by atomic mass is 35.5. The molecule has 1 aliphatic rings. The van der Waals surface area contributed by atoms with Gasteiger partial charge in [-0.3, -0.25) is 4.79 Å². The van der Waals surface area contributed by atoms with E-state index in [2.05, 4.69) is 54.9 Å². The molecule has 2 atom stereocenters. The lowest BCUT2D eigenvalue weighted by molar-refractivity contribution is -0.00532. The quantitative estimate of drug-likeness (QED) is 0.175. The van der Waals surface area contributed by atoms with Gasteiger partial charge in [-0.05, 0) is 35.3 Å². The fourth-order valence-electron chi connectivity index (χ4n) is 6.30. The Bertz CT molecular complexity index is 1540. The maximum absolute atomic E-state index is 16.1. The molecule has 0 spiro atoms. The number of morpholine rings is 1. The van der Waals surface area contributed by atoms with Gasteiger partial charge in [0.2, 0.25) is 5.78 Å². The van der Waals surface area contributed by atoms with Gasteiger partial charge in [0.15, 0.2) is 11.6 Å². The largest absolute Gasteiger partial charge is 0.403 e. The fourth-order valence-corrected chi connectivity index (χ4v) is 11.2. The van der Waals surface area contributed by atoms with Gasteiger partial charge in [-0.2, -0.15) is 0 Å². The number of aromatic nitrogens is 2. The summed E-state index contributed by atoms with van der Waals surface area (Å²) in [7, 11) is -1.24. The summed E-state index contributed by atoms with van der Waals surface area (Å²) in [5.74, 6) is -1.16. The van der Waals surface area contributed by atoms with E-state index in [0.717, 1.165) is 10.4 Å². The topological polar surface area (TPSA) is 56.6 Å². The number of nitrogens with zero attached hydrogens (tertiary/aromatic N) is 3. The van der Waals surface area contributed by atoms with E-state index in [4.69, 9.17) is 20.8 Å². The van der Waals surface area contributed by atoms with Crippen LogP contribution < -0.4 is 15.3 Å². The molecule has 0 aliphatic carbocycles. The van der Waals surface area contributed by atoms with Crippen LogP contribution in [0.15, 0.2) is 79.1 Å². The molecule has 0 bridgehead atoms. The van der Waals surface area contributed by atoms with Crippen LogP contribution in [0.2, 0.25) is 10.1 Å². The third-order valence-corrected chi connectivity index (χ3v) is 13.5. The minimum atomic E-state index is -2.95. The van der Waals surface area contributed by atoms with Gasteiger partial charge < -0.3 is 18.6 Å². The van der Waals surface area contributed by atoms with Crippen molar-refractivity contribution in [1.82, 2.24) is 9.55 Å². The van der Waals surface area contributed by atoms with Crippen LogP contribution in [-0.4, -0.2) is 48.9 Å². The summed E-state index contributed by atoms with van der Waals surface area (Å²) in [6, 6.07) is 22.3. The average molecular weight is 620 g/mol. The number of benzene rings is 3. The second kappa shape index (κ2) is 12.4. The molecule has 1 aliphatic heterocycles. The van der Waals surface area contributed by atoms with Crippen LogP contribution in [0.3, 0.4) is 0 Å². The normalized spacial score (nSPS) is 17.7. The Morgan fingerprint density at radius 2 is 1.60 bits per heavy atom. The molecular weight excluding hydrogens is 581 g/mol. The van der Waals surface area contributed by atoms with Crippen molar-refractivity contribution in [3.8, 4) is 0 Å². The first-order valence-corrected chi connectivity index (χ1v) is 16.9. The molecule has 1 saturated heterocycles. The molecule has 0 saturated carbocycles. The van der Waals surface area contributed by atoms with E-state index in [1.165, 1.54) is 6.20 Å². The lowest BCUT2D eigenvalue weighted by Gasteiger charge is -2.43. The summed E-state index contributed by atoms with van der Waals surface area (Å²) in [6.07, 6.45) is 3.01. The number of ketones is 1. The number of imidazole rings is 1. The van der Waals surface area contributed by atoms with Gasteiger partial charge >= 0.3 is 0 Å². The van der Waals surface area contributed by atoms with Gasteiger partial charge in [-0.15, -0.1) is 0 Å². The Hall–Kier alpha value is -3.30. The summed E-state index contributed by atoms with van der Waals surface area (Å²) in [4.78, 5) is 19.8. The van der Waals surface area contributed by atoms with E-state index in [1.54, 1.807) is 23.9 Å². The van der Waals surface area contributed by atoms with E-state index >= 15 is 4.39 Å². The molecule has 0 radical (unpaired) electrons. The monoisotopic (exact) mass is 619 g/mol. The number of aryl methyl sites for hydroxylation is 1. The highest BCUT2D eigenvalue weighted by Gasteiger charge is 2.50. The lowest BCUT2D eigenvalue weighted by Crippen LogP contribution is -2.66. The number of carbonyl (C=O) groups excluding carboxylic acids is 1. The molecule has 1 fully saturated rings. The molecule has 3 aromatic carbocycles. The first-order chi connectivity index (χ1) is 20.4. The zero-order valence-electron chi connectivity index (χ0n) is 25.6. The van der Waals surface area contributed by atoms with E-state index in [-0.39, 0.29) is 40.3 Å². The Balaban J connectivity index is 1.68. The van der Waals surface area contributed by atoms with Gasteiger partial charge in [0.05, 0.1) is 30.1 Å². The van der Waals surface area contributed by atoms with Crippen LogP contribution in [0.5, 0.6) is 0 Å². The Kier molecular flexibility index (Phi) is 8.95. The van der Waals surface area contributed by atoms with Crippen molar-refractivity contribution in [2.75, 3.05) is 18.0 Å². The standard InChI is InChI=1S/C34H39ClFN3O3Si/c1-23-20-39(21-24(2)42-23)31-25(19-28(30(36)29(31)35)32(40)33-37-17-18-38(33)6)22-41-43(34(3,4)5,26-13-9-7-10-14-26)27-15-11-8-12-16-27/h7-19,23-24H,20-22H2,1-6H3/t23-,24+. The second-order valence-corrected chi connectivity index (χ2v) is 17.0. The predicted molar refractivity (Wildman–Crippen MR) is 173 cm³/mol. The number of carbonyl (C=O) groups is 1. The number of anilines is 1. The lowest BCUT2D eigenvalue weighted by atomic mass is 10.0. The molecule has 0 unspecified atom stereocenters. The van der Waals surface area contributed by atoms with Crippen LogP contribution in [0.25, 0.3) is 0 Å². The maximum Gasteiger partial charge on any atom is 0.261 e. The molecule has 4 aromatic rings. The van der Waals surface area contributed by atoms with Gasteiger partial charge in [0, 0.05) is 38.1 Å². The number of rotatable bonds is 8. The van der Waals surface area contributed by atoms with Crippen LogP contribution in [0.1, 0.15) is 56.4 Å². The molecule has 43 heavy (non-hydrogen) atoms. The molecule has 6 nitrogen and oxygen atoms in total. The predicted octanol–water partition coefficient (Wildman–Crippen LogP) is 6.13. The summed E-state index contributed by atoms with van der Waals surface area (Å²) in [6.45, 7) is 11.8. The molecule has 226 valence electrons. The van der Waals surface area contributed by atoms with Crippen molar-refractivity contribution in [3.63, 3.8) is 0 Å². The number of hydrogen-bond acceptors (Lipinski definition) is 5. The number of ether oxygens (including phenoxy) is 1. The van der Waals surface area contributed by atoms with Crippen molar-refractivity contribution >= 4 is 41.8 Å². The Morgan fingerprint density at radius 1 is 1.05 bits per heavy atom. The zero-order valence-corrected chi connectivity index (χ0v) is 27.4. The van der Waals surface area contributed by atoms with E-state index in [1.807, 2.05) is 50.2 Å². The SMILES string of the molecule is C[C@@H]1CN(c2c(CO[Si](c3ccccc3)(c3ccccc3)C(C)(C)C)cc(C(=O)c3nccn3C)c(F)c2Cl)C[C@H](C)O1. The Labute approximate surface area is 259 Å². The average Bonchev–Trinajstić information content (AvgIpc) is 3.40. The van der Waals surface area contributed by atoms with Crippen LogP contribution in [-0.2, 0) is 22.8 Å². The Morgan fingerprint density at radius 3 is 2.09 bits per heavy atom. The fraction of sp³-hybridized carbons (Fsp3) is 0.353. The van der Waals surface area contributed by atoms with E-state index < -0.39 is 19.9 Å². The summed E-state index contributed by atoms with van der Waals surface area (Å²) in [5, 5.41) is 1.89. The van der Waals surface area contributed by atoms with Crippen LogP contribution >= 0.6 is 11.6 Å². The number of hydrogen-bond donors (Lipinski definition) is 0. The van der Waals surface area contributed by atoms with Crippen molar-refractivity contribution in [1.29, 1.82) is 0 Å². The van der Waals surface area contributed by atoms with Crippen molar-refractivity contribution < 1.29 is 18.3 Å². The van der Waals surface area contributed by atoms with Crippen LogP contribution in [0, 0.1) is 5.82 Å². The minimum absolute atomic E-state index is 0.0813. The summed E-state index contributed by atoms with van der Waals surface area (Å²) < 4.78 is 30.9. The molecule has 0 N–H and O–H groups in total. The summed E-state index contributed by atoms with van der Waals surface area (Å²) >= 11 is 6.87. The van der Waals surface area contributed by atoms with Gasteiger partial charge in [-0.1, -0.05) is 93.0 Å². The van der Waals surface area contributed by atoms with E-state index in [9.17, 15) is 4.79 Å². The summed E-state index contributed by atoms with van der Waals surface area (Å²) in [5.41, 5.74) is 1.06. The highest BCUT2D eigenvalue weighted by molar-refractivity contribution is 6.99. The zero-order chi connectivity index (χ0) is 30.9. The van der Waals surface area contributed by atoms with Gasteiger partial charge in [0.25, 0.3) is 8.32 Å². The van der Waals surface area contributed by atoms with Gasteiger partial charge in [-0.25, -0.2) is 9.37 Å². The third-order valence-electron chi connectivity index (χ3n) is 8.13. The first-order valence-electron chi connectivity index (χ1n) is 14.6. The third kappa shape index (κ3) is 5.94. The molecule has 1 aromatic heterocycles. The smallest absolute Gasteiger partial charge is 0.261 e. The highest BCUT2D eigenvalue weighted by Crippen LogP contribution is 2.41. The van der Waals surface area contributed by atoms with Crippen molar-refractivity contribution in [2.24, 2.45) is 7.05 Å². The maximum atomic E-state index is 16.1.